The van der Waals surface area contributed by atoms with Gasteiger partial charge in [-0.15, -0.1) is 0 Å². The summed E-state index contributed by atoms with van der Waals surface area (Å²) in [4.78, 5) is 20.3. The van der Waals surface area contributed by atoms with Crippen LogP contribution in [0.5, 0.6) is 5.88 Å². The van der Waals surface area contributed by atoms with Crippen LogP contribution in [0.15, 0.2) is 30.6 Å². The van der Waals surface area contributed by atoms with Crippen molar-refractivity contribution in [3.8, 4) is 5.88 Å². The summed E-state index contributed by atoms with van der Waals surface area (Å²) in [5.41, 5.74) is 3.59. The molecule has 102 valence electrons. The molecule has 0 radical (unpaired) electrons. The largest absolute Gasteiger partial charge is 0.481 e. The van der Waals surface area contributed by atoms with Crippen LogP contribution in [-0.4, -0.2) is 22.9 Å². The Bertz CT molecular complexity index is 655. The van der Waals surface area contributed by atoms with Crippen molar-refractivity contribution >= 4 is 5.78 Å². The highest BCUT2D eigenvalue weighted by atomic mass is 16.5. The monoisotopic (exact) mass is 270 g/mol. The molecule has 0 spiro atoms. The number of fused-ring (bicyclic) bond motifs is 1. The highest BCUT2D eigenvalue weighted by Crippen LogP contribution is 2.21. The molecule has 1 aromatic heterocycles. The van der Waals surface area contributed by atoms with E-state index in [9.17, 15) is 4.79 Å². The molecule has 0 saturated carbocycles. The summed E-state index contributed by atoms with van der Waals surface area (Å²) in [5, 5.41) is 0. The number of hydrogen-bond acceptors (Lipinski definition) is 5. The molecule has 0 amide bonds. The van der Waals surface area contributed by atoms with Gasteiger partial charge in [-0.1, -0.05) is 12.1 Å². The van der Waals surface area contributed by atoms with Gasteiger partial charge < -0.3 is 9.47 Å². The lowest BCUT2D eigenvalue weighted by molar-refractivity contribution is 0.0991. The van der Waals surface area contributed by atoms with Crippen molar-refractivity contribution in [3.63, 3.8) is 0 Å². The number of ketones is 1. The maximum atomic E-state index is 12.3. The second-order valence-corrected chi connectivity index (χ2v) is 4.63. The van der Waals surface area contributed by atoms with Crippen molar-refractivity contribution in [1.82, 2.24) is 9.97 Å². The topological polar surface area (TPSA) is 61.3 Å². The Morgan fingerprint density at radius 3 is 2.95 bits per heavy atom. The summed E-state index contributed by atoms with van der Waals surface area (Å²) >= 11 is 0. The van der Waals surface area contributed by atoms with Crippen LogP contribution in [0.25, 0.3) is 0 Å². The standard InChI is InChI=1S/C15H14N2O3/c1-19-15-6-13(16-9-17-15)5-14(18)10-2-3-11-7-20-8-12(11)4-10/h2-4,6,9H,5,7-8H2,1H3. The van der Waals surface area contributed by atoms with Crippen molar-refractivity contribution in [2.45, 2.75) is 19.6 Å². The first-order chi connectivity index (χ1) is 9.76. The van der Waals surface area contributed by atoms with E-state index in [0.29, 0.717) is 30.4 Å². The fourth-order valence-corrected chi connectivity index (χ4v) is 2.20. The minimum Gasteiger partial charge on any atom is -0.481 e. The molecule has 0 unspecified atom stereocenters. The number of hydrogen-bond donors (Lipinski definition) is 0. The maximum Gasteiger partial charge on any atom is 0.216 e. The van der Waals surface area contributed by atoms with Gasteiger partial charge >= 0.3 is 0 Å². The van der Waals surface area contributed by atoms with E-state index in [1.54, 1.807) is 6.07 Å². The van der Waals surface area contributed by atoms with Gasteiger partial charge in [0, 0.05) is 11.6 Å². The Labute approximate surface area is 116 Å². The van der Waals surface area contributed by atoms with Crippen LogP contribution < -0.4 is 4.74 Å². The summed E-state index contributed by atoms with van der Waals surface area (Å²) in [6, 6.07) is 7.38. The molecule has 5 heteroatoms. The zero-order valence-corrected chi connectivity index (χ0v) is 11.1. The van der Waals surface area contributed by atoms with Gasteiger partial charge in [-0.25, -0.2) is 9.97 Å². The molecule has 0 aliphatic carbocycles. The van der Waals surface area contributed by atoms with Crippen LogP contribution in [0.1, 0.15) is 27.2 Å². The fourth-order valence-electron chi connectivity index (χ4n) is 2.20. The Kier molecular flexibility index (Phi) is 3.43. The van der Waals surface area contributed by atoms with E-state index in [0.717, 1.165) is 11.1 Å². The second-order valence-electron chi connectivity index (χ2n) is 4.63. The number of carbonyl (C=O) groups excluding carboxylic acids is 1. The number of benzene rings is 1. The molecular weight excluding hydrogens is 256 g/mol. The van der Waals surface area contributed by atoms with Crippen molar-refractivity contribution in [1.29, 1.82) is 0 Å². The predicted octanol–water partition coefficient (Wildman–Crippen LogP) is 1.94. The van der Waals surface area contributed by atoms with Gasteiger partial charge in [0.2, 0.25) is 5.88 Å². The molecule has 5 nitrogen and oxygen atoms in total. The van der Waals surface area contributed by atoms with Gasteiger partial charge in [0.15, 0.2) is 5.78 Å². The first-order valence-electron chi connectivity index (χ1n) is 6.34. The van der Waals surface area contributed by atoms with Crippen molar-refractivity contribution in [2.75, 3.05) is 7.11 Å². The molecule has 0 atom stereocenters. The molecule has 20 heavy (non-hydrogen) atoms. The van der Waals surface area contributed by atoms with Crippen LogP contribution in [0, 0.1) is 0 Å². The molecule has 0 fully saturated rings. The molecule has 1 aliphatic heterocycles. The molecule has 2 aromatic rings. The molecule has 3 rings (SSSR count). The number of carbonyl (C=O) groups is 1. The van der Waals surface area contributed by atoms with E-state index in [-0.39, 0.29) is 12.2 Å². The van der Waals surface area contributed by atoms with Gasteiger partial charge in [-0.3, -0.25) is 4.79 Å². The number of Topliss-reactive ketones (excluding diaryl/α,β-unsaturated/α-hetero) is 1. The number of rotatable bonds is 4. The number of aromatic nitrogens is 2. The van der Waals surface area contributed by atoms with Gasteiger partial charge in [0.25, 0.3) is 0 Å². The highest BCUT2D eigenvalue weighted by molar-refractivity contribution is 5.97. The summed E-state index contributed by atoms with van der Waals surface area (Å²) in [6.07, 6.45) is 1.64. The van der Waals surface area contributed by atoms with Crippen LogP contribution in [-0.2, 0) is 24.4 Å². The van der Waals surface area contributed by atoms with E-state index in [4.69, 9.17) is 9.47 Å². The summed E-state index contributed by atoms with van der Waals surface area (Å²) < 4.78 is 10.4. The Balaban J connectivity index is 1.79. The second kappa shape index (κ2) is 5.38. The van der Waals surface area contributed by atoms with Crippen LogP contribution in [0.3, 0.4) is 0 Å². The molecular formula is C15H14N2O3. The molecule has 2 heterocycles. The van der Waals surface area contributed by atoms with E-state index in [2.05, 4.69) is 9.97 Å². The van der Waals surface area contributed by atoms with Gasteiger partial charge in [0.1, 0.15) is 6.33 Å². The summed E-state index contributed by atoms with van der Waals surface area (Å²) in [6.45, 7) is 1.21. The zero-order valence-electron chi connectivity index (χ0n) is 11.1. The number of methoxy groups -OCH3 is 1. The maximum absolute atomic E-state index is 12.3. The first kappa shape index (κ1) is 12.7. The SMILES string of the molecule is COc1cc(CC(=O)c2ccc3c(c2)COC3)ncn1. The van der Waals surface area contributed by atoms with Gasteiger partial charge in [-0.05, 0) is 17.2 Å². The molecule has 1 aliphatic rings. The van der Waals surface area contributed by atoms with E-state index in [1.165, 1.54) is 13.4 Å². The van der Waals surface area contributed by atoms with Crippen LogP contribution in [0.4, 0.5) is 0 Å². The van der Waals surface area contributed by atoms with Crippen molar-refractivity contribution < 1.29 is 14.3 Å². The Morgan fingerprint density at radius 1 is 1.25 bits per heavy atom. The van der Waals surface area contributed by atoms with Crippen LogP contribution in [0.2, 0.25) is 0 Å². The lowest BCUT2D eigenvalue weighted by atomic mass is 10.0. The lowest BCUT2D eigenvalue weighted by Gasteiger charge is -2.04. The quantitative estimate of drug-likeness (QED) is 0.794. The predicted molar refractivity (Wildman–Crippen MR) is 71.6 cm³/mol. The average molecular weight is 270 g/mol. The number of nitrogens with zero attached hydrogens (tertiary/aromatic N) is 2. The highest BCUT2D eigenvalue weighted by Gasteiger charge is 2.15. The molecule has 1 aromatic carbocycles. The van der Waals surface area contributed by atoms with Gasteiger partial charge in [-0.2, -0.15) is 0 Å². The Morgan fingerprint density at radius 2 is 2.10 bits per heavy atom. The zero-order chi connectivity index (χ0) is 13.9. The van der Waals surface area contributed by atoms with E-state index < -0.39 is 0 Å². The minimum absolute atomic E-state index is 0.0282. The normalized spacial score (nSPS) is 13.1. The Hall–Kier alpha value is -2.27. The third kappa shape index (κ3) is 2.53. The van der Waals surface area contributed by atoms with Crippen LogP contribution >= 0.6 is 0 Å². The van der Waals surface area contributed by atoms with E-state index in [1.807, 2.05) is 18.2 Å². The first-order valence-corrected chi connectivity index (χ1v) is 6.34. The van der Waals surface area contributed by atoms with Crippen molar-refractivity contribution in [2.24, 2.45) is 0 Å². The van der Waals surface area contributed by atoms with Gasteiger partial charge in [0.05, 0.1) is 32.4 Å². The summed E-state index contributed by atoms with van der Waals surface area (Å²) in [7, 11) is 1.54. The van der Waals surface area contributed by atoms with E-state index >= 15 is 0 Å². The lowest BCUT2D eigenvalue weighted by Crippen LogP contribution is -2.06. The number of ether oxygens (including phenoxy) is 2. The third-order valence-electron chi connectivity index (χ3n) is 3.29. The third-order valence-corrected chi connectivity index (χ3v) is 3.29. The molecule has 0 saturated heterocycles. The summed E-state index contributed by atoms with van der Waals surface area (Å²) in [5.74, 6) is 0.491. The minimum atomic E-state index is 0.0282. The molecule has 0 N–H and O–H groups in total. The smallest absolute Gasteiger partial charge is 0.216 e. The molecule has 0 bridgehead atoms. The average Bonchev–Trinajstić information content (AvgIpc) is 2.94. The van der Waals surface area contributed by atoms with Crippen molar-refractivity contribution in [3.05, 3.63) is 53.0 Å². The fraction of sp³-hybridized carbons (Fsp3) is 0.267.